The zero-order valence-electron chi connectivity index (χ0n) is 28.5. The Morgan fingerprint density at radius 2 is 1.86 bits per heavy atom. The van der Waals surface area contributed by atoms with Crippen LogP contribution in [0.15, 0.2) is 64.1 Å². The summed E-state index contributed by atoms with van der Waals surface area (Å²) < 4.78 is 27.6. The van der Waals surface area contributed by atoms with Gasteiger partial charge in [-0.05, 0) is 63.3 Å². The van der Waals surface area contributed by atoms with Crippen LogP contribution in [0, 0.1) is 5.82 Å². The van der Waals surface area contributed by atoms with Gasteiger partial charge in [0.2, 0.25) is 0 Å². The number of benzene rings is 2. The fourth-order valence-electron chi connectivity index (χ4n) is 6.54. The number of nitrogen functional groups attached to an aromatic ring is 1. The van der Waals surface area contributed by atoms with Gasteiger partial charge in [0.1, 0.15) is 46.8 Å². The highest BCUT2D eigenvalue weighted by molar-refractivity contribution is 5.99. The Labute approximate surface area is 291 Å². The normalized spacial score (nSPS) is 15.9. The molecule has 3 aromatic heterocycles. The number of carboxylic acid groups (broad SMARTS) is 1. The van der Waals surface area contributed by atoms with E-state index in [1.165, 1.54) is 18.5 Å². The fourth-order valence-corrected chi connectivity index (χ4v) is 6.54. The van der Waals surface area contributed by atoms with E-state index in [1.807, 2.05) is 39.8 Å². The van der Waals surface area contributed by atoms with E-state index in [4.69, 9.17) is 29.9 Å². The number of hydrogen-bond donors (Lipinski definition) is 3. The Kier molecular flexibility index (Phi) is 9.49. The first-order chi connectivity index (χ1) is 24.3. The van der Waals surface area contributed by atoms with Gasteiger partial charge in [-0.1, -0.05) is 24.3 Å². The molecule has 266 valence electrons. The van der Waals surface area contributed by atoms with Crippen molar-refractivity contribution >= 4 is 45.8 Å². The summed E-state index contributed by atoms with van der Waals surface area (Å²) >= 11 is 0. The molecule has 7 rings (SSSR count). The summed E-state index contributed by atoms with van der Waals surface area (Å²) in [5.41, 5.74) is 8.04. The number of rotatable bonds is 5. The number of aromatic nitrogens is 4. The van der Waals surface area contributed by atoms with Crippen molar-refractivity contribution < 1.29 is 33.3 Å². The van der Waals surface area contributed by atoms with Gasteiger partial charge in [0.25, 0.3) is 6.47 Å². The molecule has 2 aliphatic heterocycles. The van der Waals surface area contributed by atoms with Crippen LogP contribution in [0.2, 0.25) is 0 Å². The molecule has 0 spiro atoms. The van der Waals surface area contributed by atoms with Gasteiger partial charge < -0.3 is 30.0 Å². The Bertz CT molecular complexity index is 2200. The minimum atomic E-state index is -0.655. The quantitative estimate of drug-likeness (QED) is 0.208. The van der Waals surface area contributed by atoms with Crippen molar-refractivity contribution in [3.05, 3.63) is 82.4 Å². The van der Waals surface area contributed by atoms with Gasteiger partial charge in [-0.3, -0.25) is 9.69 Å². The molecule has 1 atom stereocenters. The number of hydrogen-bond acceptors (Lipinski definition) is 11. The van der Waals surface area contributed by atoms with Crippen molar-refractivity contribution in [1.29, 1.82) is 0 Å². The van der Waals surface area contributed by atoms with Crippen molar-refractivity contribution in [2.45, 2.75) is 51.8 Å². The highest BCUT2D eigenvalue weighted by atomic mass is 19.1. The van der Waals surface area contributed by atoms with E-state index in [0.717, 1.165) is 29.1 Å². The Morgan fingerprint density at radius 1 is 1.16 bits per heavy atom. The number of likely N-dealkylation sites (tertiary alicyclic amines) is 1. The number of fused-ring (bicyclic) bond motifs is 2. The maximum atomic E-state index is 14.4. The van der Waals surface area contributed by atoms with Crippen molar-refractivity contribution in [3.63, 3.8) is 0 Å². The lowest BCUT2D eigenvalue weighted by Gasteiger charge is -2.46. The number of carbonyl (C=O) groups excluding carboxylic acids is 1. The van der Waals surface area contributed by atoms with E-state index in [1.54, 1.807) is 21.7 Å². The predicted octanol–water partition coefficient (Wildman–Crippen LogP) is 5.05. The van der Waals surface area contributed by atoms with Crippen molar-refractivity contribution in [3.8, 4) is 17.0 Å². The second kappa shape index (κ2) is 13.8. The summed E-state index contributed by atoms with van der Waals surface area (Å²) in [6, 6.07) is 10.6. The fraction of sp³-hybridized carbons (Fsp3) is 0.333. The lowest BCUT2D eigenvalue weighted by atomic mass is 9.91. The first kappa shape index (κ1) is 35.0. The van der Waals surface area contributed by atoms with Crippen LogP contribution in [0.3, 0.4) is 0 Å². The maximum absolute atomic E-state index is 14.4. The van der Waals surface area contributed by atoms with Crippen LogP contribution in [0.25, 0.3) is 38.6 Å². The lowest BCUT2D eigenvalue weighted by molar-refractivity contribution is -0.122. The van der Waals surface area contributed by atoms with Crippen LogP contribution >= 0.6 is 0 Å². The monoisotopic (exact) mass is 699 g/mol. The first-order valence-corrected chi connectivity index (χ1v) is 16.3. The number of nitrogens with zero attached hydrogens (tertiary/aromatic N) is 6. The molecule has 2 aliphatic rings. The molecular weight excluding hydrogens is 661 g/mol. The van der Waals surface area contributed by atoms with Crippen LogP contribution < -0.4 is 11.4 Å². The van der Waals surface area contributed by atoms with Gasteiger partial charge in [0.15, 0.2) is 5.65 Å². The standard InChI is InChI=1S/C35H36FN7O5.CH2O2/c1-19(43-32-28(31(37)38-18-39-32)29(40-43)21-13-22(36)15-24(44)14-21)30-27(25-7-5-6-8-26(25)33(45)47-30)20-9-11-41(12-10-20)23-16-42(17-23)34(46)48-35(2,3)4;2-1-3/h5-9,13-15,18-19,23,44H,10-12,16-17H2,1-4H3,(H2,37,38,39);1H,(H,2,3). The van der Waals surface area contributed by atoms with E-state index in [2.05, 4.69) is 20.9 Å². The number of carbonyl (C=O) groups is 2. The largest absolute Gasteiger partial charge is 0.508 e. The zero-order valence-corrected chi connectivity index (χ0v) is 28.5. The van der Waals surface area contributed by atoms with Crippen LogP contribution in [0.1, 0.15) is 51.5 Å². The number of aromatic hydroxyl groups is 1. The molecule has 0 saturated carbocycles. The number of phenolic OH excluding ortho intramolecular Hbond substituents is 1. The molecule has 0 aliphatic carbocycles. The Hall–Kier alpha value is -5.83. The molecule has 1 unspecified atom stereocenters. The predicted molar refractivity (Wildman–Crippen MR) is 188 cm³/mol. The molecule has 5 heterocycles. The summed E-state index contributed by atoms with van der Waals surface area (Å²) in [5, 5.41) is 23.4. The summed E-state index contributed by atoms with van der Waals surface area (Å²) in [6.07, 6.45) is 3.85. The molecule has 51 heavy (non-hydrogen) atoms. The molecule has 0 bridgehead atoms. The third kappa shape index (κ3) is 6.97. The van der Waals surface area contributed by atoms with Crippen molar-refractivity contribution in [2.75, 3.05) is 31.9 Å². The molecule has 2 aromatic carbocycles. The third-order valence-electron chi connectivity index (χ3n) is 8.88. The van der Waals surface area contributed by atoms with E-state index in [-0.39, 0.29) is 35.9 Å². The Morgan fingerprint density at radius 3 is 2.51 bits per heavy atom. The zero-order chi connectivity index (χ0) is 36.6. The number of amides is 1. The minimum Gasteiger partial charge on any atom is -0.508 e. The van der Waals surface area contributed by atoms with Gasteiger partial charge >= 0.3 is 11.7 Å². The van der Waals surface area contributed by atoms with Gasteiger partial charge in [-0.2, -0.15) is 5.10 Å². The van der Waals surface area contributed by atoms with E-state index < -0.39 is 23.1 Å². The molecule has 14 nitrogen and oxygen atoms in total. The number of ether oxygens (including phenoxy) is 1. The summed E-state index contributed by atoms with van der Waals surface area (Å²) in [7, 11) is 0. The highest BCUT2D eigenvalue weighted by Crippen LogP contribution is 2.39. The van der Waals surface area contributed by atoms with Crippen LogP contribution in [0.5, 0.6) is 5.75 Å². The molecule has 1 fully saturated rings. The SMILES string of the molecule is CC(c1oc(=O)c2ccccc2c1C1=CCN(C2CN(C(=O)OC(C)(C)C)C2)CC1)n1nc(-c2cc(O)cc(F)c2)c2c(N)ncnc21.O=CO. The van der Waals surface area contributed by atoms with Crippen LogP contribution in [-0.4, -0.2) is 90.1 Å². The number of nitrogens with two attached hydrogens (primary N) is 1. The molecule has 4 N–H and O–H groups in total. The maximum Gasteiger partial charge on any atom is 0.410 e. The van der Waals surface area contributed by atoms with Gasteiger partial charge in [-0.15, -0.1) is 0 Å². The van der Waals surface area contributed by atoms with Crippen molar-refractivity contribution in [2.24, 2.45) is 0 Å². The summed E-state index contributed by atoms with van der Waals surface area (Å²) in [6.45, 7) is 9.79. The summed E-state index contributed by atoms with van der Waals surface area (Å²) in [5.74, 6) is -0.379. The van der Waals surface area contributed by atoms with Gasteiger partial charge in [0, 0.05) is 49.4 Å². The van der Waals surface area contributed by atoms with E-state index in [0.29, 0.717) is 53.8 Å². The molecule has 1 saturated heterocycles. The van der Waals surface area contributed by atoms with Crippen LogP contribution in [0.4, 0.5) is 15.0 Å². The minimum absolute atomic E-state index is 0.133. The van der Waals surface area contributed by atoms with Crippen LogP contribution in [-0.2, 0) is 9.53 Å². The average molecular weight is 700 g/mol. The number of phenols is 1. The van der Waals surface area contributed by atoms with E-state index >= 15 is 0 Å². The Balaban J connectivity index is 0.00000144. The molecular formula is C36H38FN7O7. The van der Waals surface area contributed by atoms with E-state index in [9.17, 15) is 19.1 Å². The smallest absolute Gasteiger partial charge is 0.410 e. The first-order valence-electron chi connectivity index (χ1n) is 16.3. The highest BCUT2D eigenvalue weighted by Gasteiger charge is 2.38. The van der Waals surface area contributed by atoms with Gasteiger partial charge in [0.05, 0.1) is 10.8 Å². The number of halogens is 1. The second-order valence-electron chi connectivity index (χ2n) is 13.4. The second-order valence-corrected chi connectivity index (χ2v) is 13.4. The molecule has 5 aromatic rings. The molecule has 0 radical (unpaired) electrons. The number of anilines is 1. The molecule has 15 heteroatoms. The topological polar surface area (TPSA) is 190 Å². The molecule has 1 amide bonds. The average Bonchev–Trinajstić information content (AvgIpc) is 3.44. The van der Waals surface area contributed by atoms with Crippen molar-refractivity contribution in [1.82, 2.24) is 29.5 Å². The third-order valence-corrected chi connectivity index (χ3v) is 8.88. The van der Waals surface area contributed by atoms with Gasteiger partial charge in [-0.25, -0.2) is 28.6 Å². The lowest BCUT2D eigenvalue weighted by Crippen LogP contribution is -2.62. The summed E-state index contributed by atoms with van der Waals surface area (Å²) in [4.78, 5) is 46.9.